The van der Waals surface area contributed by atoms with Crippen molar-refractivity contribution in [1.29, 1.82) is 0 Å². The van der Waals surface area contributed by atoms with Crippen LogP contribution in [0.2, 0.25) is 0 Å². The van der Waals surface area contributed by atoms with Gasteiger partial charge < -0.3 is 19.9 Å². The number of piperidine rings is 1. The summed E-state index contributed by atoms with van der Waals surface area (Å²) in [6.07, 6.45) is 3.08. The minimum atomic E-state index is -0.404. The summed E-state index contributed by atoms with van der Waals surface area (Å²) in [5, 5.41) is 13.4. The molecule has 0 aliphatic carbocycles. The standard InChI is InChI=1S/C14H30N2O3/c1-3-8-16(13-4-6-15-7-5-13)11-14(17)12-19-10-9-18-2/h13-15,17H,3-12H2,1-2H3. The molecule has 1 heterocycles. The number of rotatable bonds is 10. The van der Waals surface area contributed by atoms with Gasteiger partial charge in [0.1, 0.15) is 0 Å². The van der Waals surface area contributed by atoms with Crippen molar-refractivity contribution in [3.8, 4) is 0 Å². The molecule has 1 saturated heterocycles. The highest BCUT2D eigenvalue weighted by atomic mass is 16.5. The SMILES string of the molecule is CCCN(CC(O)COCCOC)C1CCNCC1. The summed E-state index contributed by atoms with van der Waals surface area (Å²) in [6.45, 7) is 7.67. The van der Waals surface area contributed by atoms with Crippen molar-refractivity contribution < 1.29 is 14.6 Å². The van der Waals surface area contributed by atoms with Crippen LogP contribution in [0, 0.1) is 0 Å². The largest absolute Gasteiger partial charge is 0.389 e. The minimum absolute atomic E-state index is 0.397. The first-order chi connectivity index (χ1) is 9.27. The van der Waals surface area contributed by atoms with Crippen LogP contribution in [0.4, 0.5) is 0 Å². The molecule has 0 radical (unpaired) electrons. The van der Waals surface area contributed by atoms with E-state index < -0.39 is 6.10 Å². The average molecular weight is 274 g/mol. The van der Waals surface area contributed by atoms with E-state index in [0.29, 0.717) is 32.4 Å². The Kier molecular flexibility index (Phi) is 9.38. The van der Waals surface area contributed by atoms with Crippen LogP contribution in [0.15, 0.2) is 0 Å². The molecule has 0 saturated carbocycles. The van der Waals surface area contributed by atoms with Crippen LogP contribution in [-0.2, 0) is 9.47 Å². The number of hydrogen-bond acceptors (Lipinski definition) is 5. The summed E-state index contributed by atoms with van der Waals surface area (Å²) in [7, 11) is 1.65. The van der Waals surface area contributed by atoms with Gasteiger partial charge in [-0.3, -0.25) is 4.90 Å². The van der Waals surface area contributed by atoms with Gasteiger partial charge in [0.2, 0.25) is 0 Å². The fourth-order valence-corrected chi connectivity index (χ4v) is 2.57. The molecular formula is C14H30N2O3. The topological polar surface area (TPSA) is 54.0 Å². The highest BCUT2D eigenvalue weighted by molar-refractivity contribution is 4.79. The van der Waals surface area contributed by atoms with E-state index in [2.05, 4.69) is 17.1 Å². The third kappa shape index (κ3) is 7.22. The summed E-state index contributed by atoms with van der Waals surface area (Å²) in [5.41, 5.74) is 0. The van der Waals surface area contributed by atoms with Crippen molar-refractivity contribution in [2.75, 3.05) is 53.1 Å². The molecule has 5 nitrogen and oxygen atoms in total. The van der Waals surface area contributed by atoms with Crippen molar-refractivity contribution in [2.45, 2.75) is 38.3 Å². The molecule has 1 aliphatic heterocycles. The monoisotopic (exact) mass is 274 g/mol. The molecule has 0 amide bonds. The molecule has 0 aromatic rings. The zero-order valence-corrected chi connectivity index (χ0v) is 12.4. The number of ether oxygens (including phenoxy) is 2. The zero-order valence-electron chi connectivity index (χ0n) is 12.4. The van der Waals surface area contributed by atoms with Crippen LogP contribution in [0.25, 0.3) is 0 Å². The highest BCUT2D eigenvalue weighted by Crippen LogP contribution is 2.13. The van der Waals surface area contributed by atoms with E-state index in [1.165, 1.54) is 12.8 Å². The van der Waals surface area contributed by atoms with Gasteiger partial charge in [-0.1, -0.05) is 6.92 Å². The summed E-state index contributed by atoms with van der Waals surface area (Å²) < 4.78 is 10.3. The number of nitrogens with one attached hydrogen (secondary N) is 1. The first-order valence-corrected chi connectivity index (χ1v) is 7.47. The van der Waals surface area contributed by atoms with Crippen LogP contribution < -0.4 is 5.32 Å². The molecule has 0 bridgehead atoms. The fourth-order valence-electron chi connectivity index (χ4n) is 2.57. The Morgan fingerprint density at radius 1 is 1.32 bits per heavy atom. The molecular weight excluding hydrogens is 244 g/mol. The maximum atomic E-state index is 10.1. The molecule has 1 fully saturated rings. The number of aliphatic hydroxyl groups is 1. The second-order valence-electron chi connectivity index (χ2n) is 5.20. The van der Waals surface area contributed by atoms with E-state index in [-0.39, 0.29) is 0 Å². The average Bonchev–Trinajstić information content (AvgIpc) is 2.44. The van der Waals surface area contributed by atoms with Gasteiger partial charge in [-0.15, -0.1) is 0 Å². The van der Waals surface area contributed by atoms with Crippen LogP contribution in [0.3, 0.4) is 0 Å². The Morgan fingerprint density at radius 3 is 2.68 bits per heavy atom. The third-order valence-corrected chi connectivity index (χ3v) is 3.52. The summed E-state index contributed by atoms with van der Waals surface area (Å²) >= 11 is 0. The molecule has 5 heteroatoms. The van der Waals surface area contributed by atoms with E-state index in [9.17, 15) is 5.11 Å². The van der Waals surface area contributed by atoms with Crippen LogP contribution in [0.5, 0.6) is 0 Å². The lowest BCUT2D eigenvalue weighted by Crippen LogP contribution is -2.47. The van der Waals surface area contributed by atoms with Crippen molar-refractivity contribution in [3.63, 3.8) is 0 Å². The van der Waals surface area contributed by atoms with E-state index in [1.807, 2.05) is 0 Å². The predicted molar refractivity (Wildman–Crippen MR) is 76.5 cm³/mol. The van der Waals surface area contributed by atoms with E-state index in [0.717, 1.165) is 26.1 Å². The van der Waals surface area contributed by atoms with Gasteiger partial charge in [-0.2, -0.15) is 0 Å². The molecule has 0 aromatic heterocycles. The van der Waals surface area contributed by atoms with E-state index >= 15 is 0 Å². The Hall–Kier alpha value is -0.200. The first kappa shape index (κ1) is 16.9. The molecule has 2 N–H and O–H groups in total. The Morgan fingerprint density at radius 2 is 2.05 bits per heavy atom. The Labute approximate surface area is 117 Å². The second-order valence-corrected chi connectivity index (χ2v) is 5.20. The smallest absolute Gasteiger partial charge is 0.0900 e. The minimum Gasteiger partial charge on any atom is -0.389 e. The zero-order chi connectivity index (χ0) is 13.9. The predicted octanol–water partition coefficient (Wildman–Crippen LogP) is 0.474. The fraction of sp³-hybridized carbons (Fsp3) is 1.00. The van der Waals surface area contributed by atoms with Gasteiger partial charge in [0.05, 0.1) is 25.9 Å². The molecule has 19 heavy (non-hydrogen) atoms. The quantitative estimate of drug-likeness (QED) is 0.567. The van der Waals surface area contributed by atoms with Gasteiger partial charge in [-0.25, -0.2) is 0 Å². The number of methoxy groups -OCH3 is 1. The van der Waals surface area contributed by atoms with Gasteiger partial charge in [0.15, 0.2) is 0 Å². The molecule has 0 spiro atoms. The molecule has 114 valence electrons. The van der Waals surface area contributed by atoms with Crippen LogP contribution >= 0.6 is 0 Å². The van der Waals surface area contributed by atoms with Gasteiger partial charge >= 0.3 is 0 Å². The van der Waals surface area contributed by atoms with Gasteiger partial charge in [0, 0.05) is 19.7 Å². The number of nitrogens with zero attached hydrogens (tertiary/aromatic N) is 1. The van der Waals surface area contributed by atoms with Crippen molar-refractivity contribution in [1.82, 2.24) is 10.2 Å². The van der Waals surface area contributed by atoms with Crippen LogP contribution in [-0.4, -0.2) is 75.3 Å². The molecule has 1 atom stereocenters. The molecule has 1 unspecified atom stereocenters. The second kappa shape index (κ2) is 10.6. The van der Waals surface area contributed by atoms with Gasteiger partial charge in [0.25, 0.3) is 0 Å². The van der Waals surface area contributed by atoms with E-state index in [1.54, 1.807) is 7.11 Å². The van der Waals surface area contributed by atoms with E-state index in [4.69, 9.17) is 9.47 Å². The lowest BCUT2D eigenvalue weighted by Gasteiger charge is -2.35. The van der Waals surface area contributed by atoms with Gasteiger partial charge in [-0.05, 0) is 38.9 Å². The normalized spacial score (nSPS) is 18.9. The molecule has 1 aliphatic rings. The lowest BCUT2D eigenvalue weighted by molar-refractivity contribution is -0.00858. The summed E-state index contributed by atoms with van der Waals surface area (Å²) in [5.74, 6) is 0. The van der Waals surface area contributed by atoms with Crippen molar-refractivity contribution >= 4 is 0 Å². The first-order valence-electron chi connectivity index (χ1n) is 7.47. The maximum absolute atomic E-state index is 10.1. The number of aliphatic hydroxyl groups excluding tert-OH is 1. The van der Waals surface area contributed by atoms with Crippen molar-refractivity contribution in [2.24, 2.45) is 0 Å². The third-order valence-electron chi connectivity index (χ3n) is 3.52. The Bertz CT molecular complexity index is 211. The maximum Gasteiger partial charge on any atom is 0.0900 e. The molecule has 1 rings (SSSR count). The van der Waals surface area contributed by atoms with Crippen LogP contribution in [0.1, 0.15) is 26.2 Å². The highest BCUT2D eigenvalue weighted by Gasteiger charge is 2.22. The van der Waals surface area contributed by atoms with Crippen molar-refractivity contribution in [3.05, 3.63) is 0 Å². The summed E-state index contributed by atoms with van der Waals surface area (Å²) in [6, 6.07) is 0.606. The Balaban J connectivity index is 2.26. The lowest BCUT2D eigenvalue weighted by atomic mass is 10.0. The summed E-state index contributed by atoms with van der Waals surface area (Å²) in [4.78, 5) is 2.42. The molecule has 0 aromatic carbocycles. The number of hydrogen-bond donors (Lipinski definition) is 2.